The summed E-state index contributed by atoms with van der Waals surface area (Å²) in [5.74, 6) is 0. The number of benzene rings is 1. The fourth-order valence-corrected chi connectivity index (χ4v) is 3.63. The smallest absolute Gasteiger partial charge is 0.410 e. The van der Waals surface area contributed by atoms with E-state index in [1.165, 1.54) is 11.3 Å². The summed E-state index contributed by atoms with van der Waals surface area (Å²) in [5, 5.41) is 9.37. The van der Waals surface area contributed by atoms with Crippen LogP contribution in [-0.2, 0) is 17.8 Å². The van der Waals surface area contributed by atoms with Crippen molar-refractivity contribution in [2.24, 2.45) is 0 Å². The minimum Gasteiger partial charge on any atom is -0.444 e. The second kappa shape index (κ2) is 5.71. The molecule has 23 heavy (non-hydrogen) atoms. The van der Waals surface area contributed by atoms with E-state index in [0.717, 1.165) is 12.0 Å². The van der Waals surface area contributed by atoms with Crippen LogP contribution in [0, 0.1) is 0 Å². The molecule has 5 nitrogen and oxygen atoms in total. The van der Waals surface area contributed by atoms with E-state index in [4.69, 9.17) is 4.74 Å². The molecule has 0 aliphatic carbocycles. The van der Waals surface area contributed by atoms with Gasteiger partial charge in [-0.25, -0.2) is 4.79 Å². The maximum Gasteiger partial charge on any atom is 0.410 e. The van der Waals surface area contributed by atoms with Crippen molar-refractivity contribution in [2.45, 2.75) is 58.4 Å². The molecule has 126 valence electrons. The predicted molar refractivity (Wildman–Crippen MR) is 89.6 cm³/mol. The fourth-order valence-electron chi connectivity index (χ4n) is 3.63. The maximum absolute atomic E-state index is 12.4. The highest BCUT2D eigenvalue weighted by atomic mass is 16.6. The lowest BCUT2D eigenvalue weighted by atomic mass is 10.1. The lowest BCUT2D eigenvalue weighted by molar-refractivity contribution is 0.0192. The lowest BCUT2D eigenvalue weighted by Gasteiger charge is -2.44. The van der Waals surface area contributed by atoms with Gasteiger partial charge in [0.15, 0.2) is 0 Å². The second-order valence-electron chi connectivity index (χ2n) is 7.62. The highest BCUT2D eigenvalue weighted by Gasteiger charge is 2.40. The Bertz CT molecular complexity index is 609. The first kappa shape index (κ1) is 16.1. The van der Waals surface area contributed by atoms with E-state index in [1.54, 1.807) is 0 Å². The number of piperazine rings is 1. The summed E-state index contributed by atoms with van der Waals surface area (Å²) in [6.07, 6.45) is 0.709. The van der Waals surface area contributed by atoms with Crippen LogP contribution in [-0.4, -0.2) is 46.9 Å². The molecular weight excluding hydrogens is 292 g/mol. The number of hydrogen-bond donors (Lipinski definition) is 1. The number of aliphatic hydroxyl groups is 1. The number of amides is 1. The van der Waals surface area contributed by atoms with Crippen LogP contribution in [0.2, 0.25) is 0 Å². The molecule has 1 amide bonds. The standard InChI is InChI=1S/C18H26N2O3/c1-12-9-19(17(22)23-18(2,3)4)10-15-8-14-6-5-13(11-21)7-16(14)20(12)15/h5-7,12,15,21H,8-11H2,1-4H3/t12?,15-/m1/s1. The van der Waals surface area contributed by atoms with E-state index in [9.17, 15) is 9.90 Å². The average Bonchev–Trinajstić information content (AvgIpc) is 2.83. The van der Waals surface area contributed by atoms with Gasteiger partial charge < -0.3 is 19.6 Å². The molecule has 0 spiro atoms. The minimum absolute atomic E-state index is 0.0597. The molecule has 1 aromatic rings. The number of ether oxygens (including phenoxy) is 1. The third kappa shape index (κ3) is 3.15. The number of aliphatic hydroxyl groups excluding tert-OH is 1. The molecule has 1 saturated heterocycles. The van der Waals surface area contributed by atoms with Gasteiger partial charge in [0, 0.05) is 24.8 Å². The van der Waals surface area contributed by atoms with E-state index in [2.05, 4.69) is 24.0 Å². The summed E-state index contributed by atoms with van der Waals surface area (Å²) in [4.78, 5) is 16.6. The highest BCUT2D eigenvalue weighted by molar-refractivity contribution is 5.70. The Morgan fingerprint density at radius 3 is 2.74 bits per heavy atom. The Morgan fingerprint density at radius 2 is 2.09 bits per heavy atom. The summed E-state index contributed by atoms with van der Waals surface area (Å²) < 4.78 is 5.52. The van der Waals surface area contributed by atoms with Crippen molar-refractivity contribution in [1.29, 1.82) is 0 Å². The molecular formula is C18H26N2O3. The number of hydrogen-bond acceptors (Lipinski definition) is 4. The van der Waals surface area contributed by atoms with Crippen LogP contribution >= 0.6 is 0 Å². The molecule has 2 atom stereocenters. The molecule has 1 N–H and O–H groups in total. The fraction of sp³-hybridized carbons (Fsp3) is 0.611. The monoisotopic (exact) mass is 318 g/mol. The molecule has 1 unspecified atom stereocenters. The van der Waals surface area contributed by atoms with Gasteiger partial charge in [-0.2, -0.15) is 0 Å². The summed E-state index contributed by atoms with van der Waals surface area (Å²) in [6, 6.07) is 6.68. The van der Waals surface area contributed by atoms with E-state index in [-0.39, 0.29) is 24.8 Å². The van der Waals surface area contributed by atoms with Gasteiger partial charge in [-0.1, -0.05) is 12.1 Å². The first-order valence-electron chi connectivity index (χ1n) is 8.27. The van der Waals surface area contributed by atoms with Crippen molar-refractivity contribution in [3.8, 4) is 0 Å². The zero-order valence-corrected chi connectivity index (χ0v) is 14.4. The maximum atomic E-state index is 12.4. The Kier molecular flexibility index (Phi) is 4.00. The Morgan fingerprint density at radius 1 is 1.35 bits per heavy atom. The number of rotatable bonds is 1. The third-order valence-corrected chi connectivity index (χ3v) is 4.50. The van der Waals surface area contributed by atoms with E-state index in [1.807, 2.05) is 31.7 Å². The highest BCUT2D eigenvalue weighted by Crippen LogP contribution is 2.37. The van der Waals surface area contributed by atoms with Gasteiger partial charge in [0.1, 0.15) is 5.60 Å². The summed E-state index contributed by atoms with van der Waals surface area (Å²) in [6.45, 7) is 9.23. The molecule has 3 rings (SSSR count). The molecule has 5 heteroatoms. The van der Waals surface area contributed by atoms with Crippen LogP contribution in [0.5, 0.6) is 0 Å². The molecule has 1 fully saturated rings. The van der Waals surface area contributed by atoms with Crippen molar-refractivity contribution in [2.75, 3.05) is 18.0 Å². The Balaban J connectivity index is 1.78. The van der Waals surface area contributed by atoms with Gasteiger partial charge >= 0.3 is 6.09 Å². The average molecular weight is 318 g/mol. The first-order valence-corrected chi connectivity index (χ1v) is 8.27. The molecule has 0 saturated carbocycles. The lowest BCUT2D eigenvalue weighted by Crippen LogP contribution is -2.58. The minimum atomic E-state index is -0.466. The van der Waals surface area contributed by atoms with Crippen LogP contribution in [0.1, 0.15) is 38.8 Å². The van der Waals surface area contributed by atoms with Crippen LogP contribution in [0.15, 0.2) is 18.2 Å². The normalized spacial score (nSPS) is 23.5. The second-order valence-corrected chi connectivity index (χ2v) is 7.62. The van der Waals surface area contributed by atoms with Gasteiger partial charge in [0.2, 0.25) is 0 Å². The van der Waals surface area contributed by atoms with Crippen molar-refractivity contribution >= 4 is 11.8 Å². The topological polar surface area (TPSA) is 53.0 Å². The van der Waals surface area contributed by atoms with E-state index < -0.39 is 5.60 Å². The zero-order valence-electron chi connectivity index (χ0n) is 14.4. The van der Waals surface area contributed by atoms with Gasteiger partial charge in [-0.15, -0.1) is 0 Å². The Hall–Kier alpha value is -1.75. The van der Waals surface area contributed by atoms with Gasteiger partial charge in [-0.3, -0.25) is 0 Å². The molecule has 2 aliphatic rings. The summed E-state index contributed by atoms with van der Waals surface area (Å²) in [7, 11) is 0. The molecule has 2 heterocycles. The molecule has 0 aromatic heterocycles. The van der Waals surface area contributed by atoms with Crippen molar-refractivity contribution < 1.29 is 14.6 Å². The van der Waals surface area contributed by atoms with E-state index in [0.29, 0.717) is 13.1 Å². The first-order chi connectivity index (χ1) is 10.8. The van der Waals surface area contributed by atoms with Crippen molar-refractivity contribution in [1.82, 2.24) is 4.90 Å². The number of anilines is 1. The van der Waals surface area contributed by atoms with Gasteiger partial charge in [0.05, 0.1) is 12.6 Å². The van der Waals surface area contributed by atoms with Crippen molar-refractivity contribution in [3.05, 3.63) is 29.3 Å². The van der Waals surface area contributed by atoms with Crippen LogP contribution < -0.4 is 4.90 Å². The molecule has 0 radical (unpaired) electrons. The number of carbonyl (C=O) groups is 1. The number of nitrogens with zero attached hydrogens (tertiary/aromatic N) is 2. The van der Waals surface area contributed by atoms with Crippen LogP contribution in [0.4, 0.5) is 10.5 Å². The summed E-state index contributed by atoms with van der Waals surface area (Å²) in [5.41, 5.74) is 2.97. The molecule has 1 aromatic carbocycles. The zero-order chi connectivity index (χ0) is 16.8. The number of fused-ring (bicyclic) bond motifs is 3. The van der Waals surface area contributed by atoms with Gasteiger partial charge in [0.25, 0.3) is 0 Å². The number of carbonyl (C=O) groups excluding carboxylic acids is 1. The molecule has 0 bridgehead atoms. The van der Waals surface area contributed by atoms with Gasteiger partial charge in [-0.05, 0) is 51.3 Å². The summed E-state index contributed by atoms with van der Waals surface area (Å²) >= 11 is 0. The molecule has 2 aliphatic heterocycles. The largest absolute Gasteiger partial charge is 0.444 e. The van der Waals surface area contributed by atoms with E-state index >= 15 is 0 Å². The van der Waals surface area contributed by atoms with Crippen molar-refractivity contribution in [3.63, 3.8) is 0 Å². The quantitative estimate of drug-likeness (QED) is 0.864. The van der Waals surface area contributed by atoms with Crippen LogP contribution in [0.3, 0.4) is 0 Å². The van der Waals surface area contributed by atoms with Crippen LogP contribution in [0.25, 0.3) is 0 Å². The third-order valence-electron chi connectivity index (χ3n) is 4.50. The predicted octanol–water partition coefficient (Wildman–Crippen LogP) is 2.55. The SMILES string of the molecule is CC1CN(C(=O)OC(C)(C)C)C[C@H]2Cc3ccc(CO)cc3N12. The Labute approximate surface area is 137 Å².